The van der Waals surface area contributed by atoms with Gasteiger partial charge in [0, 0.05) is 26.8 Å². The van der Waals surface area contributed by atoms with Gasteiger partial charge in [-0.3, -0.25) is 9.10 Å². The fourth-order valence-electron chi connectivity index (χ4n) is 3.71. The number of fused-ring (bicyclic) bond motifs is 1. The Morgan fingerprint density at radius 2 is 1.75 bits per heavy atom. The summed E-state index contributed by atoms with van der Waals surface area (Å²) in [7, 11) is 2.77. The number of carbonyl (C=O) groups is 1. The zero-order valence-electron chi connectivity index (χ0n) is 20.7. The van der Waals surface area contributed by atoms with Gasteiger partial charge in [-0.05, 0) is 55.0 Å². The minimum atomic E-state index is -3.94. The van der Waals surface area contributed by atoms with Crippen molar-refractivity contribution in [3.63, 3.8) is 0 Å². The molecule has 0 fully saturated rings. The van der Waals surface area contributed by atoms with E-state index < -0.39 is 15.9 Å². The molecule has 186 valence electrons. The van der Waals surface area contributed by atoms with Crippen molar-refractivity contribution in [1.29, 1.82) is 0 Å². The molecule has 4 rings (SSSR count). The highest BCUT2D eigenvalue weighted by atomic mass is 32.2. The van der Waals surface area contributed by atoms with Gasteiger partial charge in [0.05, 0.1) is 24.2 Å². The number of hydrogen-bond acceptors (Lipinski definition) is 7. The van der Waals surface area contributed by atoms with E-state index in [1.54, 1.807) is 48.5 Å². The summed E-state index contributed by atoms with van der Waals surface area (Å²) < 4.78 is 32.9. The van der Waals surface area contributed by atoms with Crippen LogP contribution in [0.25, 0.3) is 0 Å². The summed E-state index contributed by atoms with van der Waals surface area (Å²) in [6.45, 7) is 1.88. The normalized spacial score (nSPS) is 14.5. The van der Waals surface area contributed by atoms with Crippen molar-refractivity contribution in [2.24, 2.45) is 9.98 Å². The van der Waals surface area contributed by atoms with Crippen LogP contribution in [0.4, 0.5) is 22.7 Å². The third kappa shape index (κ3) is 4.67. The highest BCUT2D eigenvalue weighted by Gasteiger charge is 2.36. The Morgan fingerprint density at radius 1 is 1.06 bits per heavy atom. The first-order valence-electron chi connectivity index (χ1n) is 11.1. The molecular weight excluding hydrogens is 478 g/mol. The summed E-state index contributed by atoms with van der Waals surface area (Å²) in [5.41, 5.74) is 2.80. The lowest BCUT2D eigenvalue weighted by Crippen LogP contribution is -2.44. The van der Waals surface area contributed by atoms with Crippen LogP contribution >= 0.6 is 0 Å². The molecule has 1 aliphatic rings. The molecule has 36 heavy (non-hydrogen) atoms. The molecule has 1 amide bonds. The van der Waals surface area contributed by atoms with Crippen molar-refractivity contribution in [2.75, 3.05) is 38.5 Å². The van der Waals surface area contributed by atoms with Gasteiger partial charge in [-0.2, -0.15) is 0 Å². The number of carbonyl (C=O) groups excluding carboxylic acids is 1. The molecule has 1 heterocycles. The Balaban J connectivity index is 1.88. The van der Waals surface area contributed by atoms with Crippen LogP contribution in [-0.4, -0.2) is 58.4 Å². The molecule has 0 bridgehead atoms. The van der Waals surface area contributed by atoms with Crippen molar-refractivity contribution in [2.45, 2.75) is 11.8 Å². The van der Waals surface area contributed by atoms with Gasteiger partial charge in [-0.25, -0.2) is 18.4 Å². The first-order chi connectivity index (χ1) is 17.1. The minimum absolute atomic E-state index is 0.0623. The van der Waals surface area contributed by atoms with Crippen molar-refractivity contribution in [1.82, 2.24) is 4.31 Å². The molecule has 0 unspecified atom stereocenters. The molecule has 0 spiro atoms. The third-order valence-electron chi connectivity index (χ3n) is 5.74. The van der Waals surface area contributed by atoms with E-state index in [2.05, 4.69) is 15.3 Å². The molecule has 10 heteroatoms. The average molecular weight is 506 g/mol. The number of hydrogen-bond donors (Lipinski definition) is 1. The van der Waals surface area contributed by atoms with Gasteiger partial charge in [-0.15, -0.1) is 0 Å². The fraction of sp³-hybridized carbons (Fsp3) is 0.192. The number of sulfonamides is 1. The zero-order valence-corrected chi connectivity index (χ0v) is 21.5. The average Bonchev–Trinajstić information content (AvgIpc) is 2.86. The van der Waals surface area contributed by atoms with E-state index in [1.807, 2.05) is 38.1 Å². The summed E-state index contributed by atoms with van der Waals surface area (Å²) in [5.74, 6) is -0.262. The molecule has 0 aliphatic carbocycles. The highest BCUT2D eigenvalue weighted by Crippen LogP contribution is 2.33. The summed E-state index contributed by atoms with van der Waals surface area (Å²) in [6, 6.07) is 18.9. The summed E-state index contributed by atoms with van der Waals surface area (Å²) in [5, 5.41) is 2.79. The zero-order chi connectivity index (χ0) is 26.0. The second-order valence-corrected chi connectivity index (χ2v) is 10.3. The maximum Gasteiger partial charge on any atom is 0.278 e. The van der Waals surface area contributed by atoms with Crippen LogP contribution in [0.15, 0.2) is 81.6 Å². The molecule has 3 aromatic rings. The Labute approximate surface area is 210 Å². The van der Waals surface area contributed by atoms with Crippen molar-refractivity contribution in [3.8, 4) is 5.75 Å². The Morgan fingerprint density at radius 3 is 2.44 bits per heavy atom. The Bertz CT molecular complexity index is 1500. The third-order valence-corrected chi connectivity index (χ3v) is 7.53. The first kappa shape index (κ1) is 24.9. The maximum absolute atomic E-state index is 13.6. The number of nitrogens with one attached hydrogen (secondary N) is 1. The predicted molar refractivity (Wildman–Crippen MR) is 143 cm³/mol. The number of nitrogens with zero attached hydrogens (tertiary/aromatic N) is 4. The minimum Gasteiger partial charge on any atom is -0.495 e. The second kappa shape index (κ2) is 9.82. The lowest BCUT2D eigenvalue weighted by molar-refractivity contribution is -0.110. The summed E-state index contributed by atoms with van der Waals surface area (Å²) in [4.78, 5) is 24.8. The number of benzene rings is 3. The van der Waals surface area contributed by atoms with Crippen LogP contribution < -0.4 is 15.0 Å². The van der Waals surface area contributed by atoms with Crippen LogP contribution in [-0.2, 0) is 14.8 Å². The topological polar surface area (TPSA) is 104 Å². The van der Waals surface area contributed by atoms with E-state index in [9.17, 15) is 13.2 Å². The summed E-state index contributed by atoms with van der Waals surface area (Å²) >= 11 is 0. The number of para-hydroxylation sites is 3. The van der Waals surface area contributed by atoms with E-state index in [4.69, 9.17) is 4.74 Å². The monoisotopic (exact) mass is 505 g/mol. The largest absolute Gasteiger partial charge is 0.495 e. The molecular formula is C26H27N5O4S. The number of rotatable bonds is 6. The van der Waals surface area contributed by atoms with Gasteiger partial charge >= 0.3 is 0 Å². The molecule has 9 nitrogen and oxygen atoms in total. The molecule has 3 aromatic carbocycles. The van der Waals surface area contributed by atoms with Crippen LogP contribution in [0.1, 0.15) is 5.56 Å². The van der Waals surface area contributed by atoms with Crippen LogP contribution in [0.2, 0.25) is 0 Å². The van der Waals surface area contributed by atoms with E-state index in [0.29, 0.717) is 17.1 Å². The van der Waals surface area contributed by atoms with Crippen LogP contribution in [0.5, 0.6) is 5.75 Å². The molecule has 0 saturated carbocycles. The second-order valence-electron chi connectivity index (χ2n) is 8.36. The first-order valence-corrected chi connectivity index (χ1v) is 12.6. The van der Waals surface area contributed by atoms with Gasteiger partial charge in [-0.1, -0.05) is 24.3 Å². The number of methoxy groups -OCH3 is 1. The van der Waals surface area contributed by atoms with E-state index in [-0.39, 0.29) is 22.1 Å². The molecule has 0 atom stereocenters. The quantitative estimate of drug-likeness (QED) is 0.507. The highest BCUT2D eigenvalue weighted by molar-refractivity contribution is 7.90. The fourth-order valence-corrected chi connectivity index (χ4v) is 4.99. The van der Waals surface area contributed by atoms with Crippen LogP contribution in [0, 0.1) is 6.92 Å². The lowest BCUT2D eigenvalue weighted by Gasteiger charge is -2.27. The van der Waals surface area contributed by atoms with Crippen LogP contribution in [0.3, 0.4) is 0 Å². The smallest absolute Gasteiger partial charge is 0.278 e. The molecule has 1 aliphatic heterocycles. The Hall–Kier alpha value is -4.18. The molecule has 0 saturated heterocycles. The van der Waals surface area contributed by atoms with Gasteiger partial charge in [0.1, 0.15) is 10.6 Å². The van der Waals surface area contributed by atoms with E-state index >= 15 is 0 Å². The number of aryl methyl sites for hydroxylation is 1. The Kier molecular flexibility index (Phi) is 6.80. The number of ether oxygens (including phenoxy) is 1. The van der Waals surface area contributed by atoms with Gasteiger partial charge < -0.3 is 15.0 Å². The van der Waals surface area contributed by atoms with Crippen molar-refractivity contribution >= 4 is 50.2 Å². The molecule has 0 aromatic heterocycles. The van der Waals surface area contributed by atoms with Crippen molar-refractivity contribution in [3.05, 3.63) is 72.3 Å². The number of anilines is 2. The molecule has 0 radical (unpaired) electrons. The van der Waals surface area contributed by atoms with Gasteiger partial charge in [0.15, 0.2) is 11.5 Å². The standard InChI is InChI=1S/C26H27N5O4S/c1-17-16-18(30(2)3)14-15-19(17)27-24(26(32)29-20-10-6-8-12-22(20)35-5)25-28-21-11-7-9-13-23(21)36(33,34)31(25)4/h6-16H,1-5H3,(H,29,32)/b27-24-. The van der Waals surface area contributed by atoms with Gasteiger partial charge in [0.2, 0.25) is 0 Å². The number of aliphatic imine (C=N–C) groups is 2. The van der Waals surface area contributed by atoms with E-state index in [1.165, 1.54) is 20.2 Å². The predicted octanol–water partition coefficient (Wildman–Crippen LogP) is 4.15. The van der Waals surface area contributed by atoms with Crippen molar-refractivity contribution < 1.29 is 17.9 Å². The number of amidine groups is 1. The van der Waals surface area contributed by atoms with Gasteiger partial charge in [0.25, 0.3) is 15.9 Å². The molecule has 1 N–H and O–H groups in total. The summed E-state index contributed by atoms with van der Waals surface area (Å²) in [6.07, 6.45) is 0. The maximum atomic E-state index is 13.6. The lowest BCUT2D eigenvalue weighted by atomic mass is 10.1. The number of amides is 1. The van der Waals surface area contributed by atoms with E-state index in [0.717, 1.165) is 15.6 Å². The SMILES string of the molecule is COc1ccccc1NC(=O)/C(=N\c1ccc(N(C)C)cc1C)C1=Nc2ccccc2S(=O)(=O)N1C.